The third-order valence-corrected chi connectivity index (χ3v) is 6.48. The van der Waals surface area contributed by atoms with Crippen molar-refractivity contribution in [3.8, 4) is 11.5 Å². The van der Waals surface area contributed by atoms with E-state index in [9.17, 15) is 14.0 Å². The largest absolute Gasteiger partial charge is 0.495 e. The summed E-state index contributed by atoms with van der Waals surface area (Å²) in [6.07, 6.45) is 1.44. The highest BCUT2D eigenvalue weighted by atomic mass is 19.1. The van der Waals surface area contributed by atoms with E-state index in [0.29, 0.717) is 52.1 Å². The number of carbonyl (C=O) groups is 2. The number of rotatable bonds is 8. The van der Waals surface area contributed by atoms with Crippen molar-refractivity contribution in [3.63, 3.8) is 0 Å². The molecule has 0 bridgehead atoms. The zero-order chi connectivity index (χ0) is 28.2. The minimum Gasteiger partial charge on any atom is -0.495 e. The van der Waals surface area contributed by atoms with Gasteiger partial charge in [0.2, 0.25) is 0 Å². The maximum Gasteiger partial charge on any atom is 0.261 e. The Kier molecular flexibility index (Phi) is 7.50. The fourth-order valence-electron chi connectivity index (χ4n) is 4.67. The molecule has 0 saturated heterocycles. The van der Waals surface area contributed by atoms with Crippen molar-refractivity contribution in [1.82, 2.24) is 9.78 Å². The predicted octanol–water partition coefficient (Wildman–Crippen LogP) is 5.61. The number of hydrogen-bond donors (Lipinski definition) is 3. The molecule has 1 aliphatic rings. The van der Waals surface area contributed by atoms with Crippen molar-refractivity contribution >= 4 is 29.0 Å². The van der Waals surface area contributed by atoms with Crippen LogP contribution in [-0.2, 0) is 4.79 Å². The topological polar surface area (TPSA) is 107 Å². The Balaban J connectivity index is 1.58. The van der Waals surface area contributed by atoms with E-state index in [4.69, 9.17) is 9.47 Å². The number of para-hydroxylation sites is 3. The summed E-state index contributed by atoms with van der Waals surface area (Å²) in [4.78, 5) is 27.1. The highest BCUT2D eigenvalue weighted by Crippen LogP contribution is 2.41. The molecule has 3 aromatic carbocycles. The second-order valence-corrected chi connectivity index (χ2v) is 9.00. The fraction of sp³-hybridized carbons (Fsp3) is 0.167. The second kappa shape index (κ2) is 11.3. The monoisotopic (exact) mass is 541 g/mol. The Morgan fingerprint density at radius 1 is 0.975 bits per heavy atom. The van der Waals surface area contributed by atoms with Crippen LogP contribution < -0.4 is 25.4 Å². The molecule has 0 spiro atoms. The Bertz CT molecular complexity index is 1600. The SMILES string of the molecule is CCOc1ccccc1[C@@H]1C(C(=O)Nc2ccccc2OC)=C(C)Nc2c(C(=O)Nc3ccc(F)cc3)cnn21. The number of allylic oxidation sites excluding steroid dienone is 1. The number of ether oxygens (including phenoxy) is 2. The van der Waals surface area contributed by atoms with Crippen LogP contribution in [0.25, 0.3) is 0 Å². The number of nitrogens with one attached hydrogen (secondary N) is 3. The Hall–Kier alpha value is -5.12. The maximum absolute atomic E-state index is 13.9. The average molecular weight is 542 g/mol. The number of hydrogen-bond acceptors (Lipinski definition) is 6. The van der Waals surface area contributed by atoms with Gasteiger partial charge in [0, 0.05) is 16.9 Å². The van der Waals surface area contributed by atoms with Gasteiger partial charge < -0.3 is 25.4 Å². The highest BCUT2D eigenvalue weighted by Gasteiger charge is 2.37. The smallest absolute Gasteiger partial charge is 0.261 e. The normalized spacial score (nSPS) is 14.2. The molecule has 1 atom stereocenters. The van der Waals surface area contributed by atoms with Crippen LogP contribution in [0.4, 0.5) is 21.6 Å². The van der Waals surface area contributed by atoms with Crippen LogP contribution in [-0.4, -0.2) is 35.3 Å². The molecule has 2 heterocycles. The number of fused-ring (bicyclic) bond motifs is 1. The van der Waals surface area contributed by atoms with E-state index < -0.39 is 17.8 Å². The summed E-state index contributed by atoms with van der Waals surface area (Å²) in [5, 5.41) is 13.5. The van der Waals surface area contributed by atoms with Crippen molar-refractivity contribution in [2.24, 2.45) is 0 Å². The molecule has 40 heavy (non-hydrogen) atoms. The van der Waals surface area contributed by atoms with Crippen molar-refractivity contribution in [1.29, 1.82) is 0 Å². The molecular weight excluding hydrogens is 513 g/mol. The van der Waals surface area contributed by atoms with E-state index in [2.05, 4.69) is 21.0 Å². The van der Waals surface area contributed by atoms with E-state index in [0.717, 1.165) is 0 Å². The standard InChI is InChI=1S/C30H28FN5O4/c1-4-40-24-11-7-5-9-21(24)27-26(30(38)35-23-10-6-8-12-25(23)39-3)18(2)33-28-22(17-32-36(27)28)29(37)34-20-15-13-19(31)14-16-20/h5-17,27,33H,4H2,1-3H3,(H,34,37)(H,35,38)/t27-/m1/s1. The summed E-state index contributed by atoms with van der Waals surface area (Å²) in [7, 11) is 1.54. The van der Waals surface area contributed by atoms with Gasteiger partial charge in [-0.1, -0.05) is 30.3 Å². The lowest BCUT2D eigenvalue weighted by Gasteiger charge is -2.31. The molecule has 1 aromatic heterocycles. The first-order valence-corrected chi connectivity index (χ1v) is 12.7. The van der Waals surface area contributed by atoms with Crippen LogP contribution in [0.1, 0.15) is 35.8 Å². The number of methoxy groups -OCH3 is 1. The first-order chi connectivity index (χ1) is 19.4. The van der Waals surface area contributed by atoms with Crippen LogP contribution in [0.2, 0.25) is 0 Å². The molecule has 10 heteroatoms. The minimum absolute atomic E-state index is 0.256. The molecule has 2 amide bonds. The molecular formula is C30H28FN5O4. The molecule has 0 unspecified atom stereocenters. The molecule has 0 aliphatic carbocycles. The summed E-state index contributed by atoms with van der Waals surface area (Å²) in [6, 6.07) is 19.3. The van der Waals surface area contributed by atoms with Gasteiger partial charge >= 0.3 is 0 Å². The first-order valence-electron chi connectivity index (χ1n) is 12.7. The number of aromatic nitrogens is 2. The maximum atomic E-state index is 13.9. The predicted molar refractivity (Wildman–Crippen MR) is 150 cm³/mol. The Morgan fingerprint density at radius 2 is 1.68 bits per heavy atom. The third-order valence-electron chi connectivity index (χ3n) is 6.48. The lowest BCUT2D eigenvalue weighted by atomic mass is 9.93. The van der Waals surface area contributed by atoms with Crippen molar-refractivity contribution in [3.05, 3.63) is 107 Å². The molecule has 204 valence electrons. The van der Waals surface area contributed by atoms with Gasteiger partial charge in [0.1, 0.15) is 34.7 Å². The molecule has 0 radical (unpaired) electrons. The third kappa shape index (κ3) is 5.11. The summed E-state index contributed by atoms with van der Waals surface area (Å²) in [5.74, 6) is 0.297. The molecule has 1 aliphatic heterocycles. The van der Waals surface area contributed by atoms with Gasteiger partial charge in [0.05, 0.1) is 31.2 Å². The molecule has 4 aromatic rings. The van der Waals surface area contributed by atoms with Crippen LogP contribution >= 0.6 is 0 Å². The molecule has 0 saturated carbocycles. The lowest BCUT2D eigenvalue weighted by Crippen LogP contribution is -2.32. The Morgan fingerprint density at radius 3 is 2.40 bits per heavy atom. The van der Waals surface area contributed by atoms with E-state index in [1.165, 1.54) is 37.6 Å². The van der Waals surface area contributed by atoms with Gasteiger partial charge in [0.25, 0.3) is 11.8 Å². The van der Waals surface area contributed by atoms with Crippen LogP contribution in [0, 0.1) is 5.82 Å². The number of nitrogens with zero attached hydrogens (tertiary/aromatic N) is 2. The summed E-state index contributed by atoms with van der Waals surface area (Å²) in [5.41, 5.74) is 2.82. The zero-order valence-electron chi connectivity index (χ0n) is 22.2. The molecule has 3 N–H and O–H groups in total. The van der Waals surface area contributed by atoms with Gasteiger partial charge in [-0.15, -0.1) is 0 Å². The van der Waals surface area contributed by atoms with Gasteiger partial charge in [-0.3, -0.25) is 9.59 Å². The lowest BCUT2D eigenvalue weighted by molar-refractivity contribution is -0.113. The van der Waals surface area contributed by atoms with Gasteiger partial charge in [0.15, 0.2) is 0 Å². The van der Waals surface area contributed by atoms with Crippen LogP contribution in [0.5, 0.6) is 11.5 Å². The number of carbonyl (C=O) groups excluding carboxylic acids is 2. The average Bonchev–Trinajstić information content (AvgIpc) is 3.38. The molecule has 0 fully saturated rings. The Labute approximate surface area is 230 Å². The summed E-state index contributed by atoms with van der Waals surface area (Å²) < 4.78 is 26.3. The number of amides is 2. The zero-order valence-corrected chi connectivity index (χ0v) is 22.2. The van der Waals surface area contributed by atoms with Crippen molar-refractivity contribution in [2.45, 2.75) is 19.9 Å². The molecule has 5 rings (SSSR count). The van der Waals surface area contributed by atoms with E-state index in [1.807, 2.05) is 37.3 Å². The first kappa shape index (κ1) is 26.5. The number of halogens is 1. The van der Waals surface area contributed by atoms with Crippen LogP contribution in [0.15, 0.2) is 90.3 Å². The van der Waals surface area contributed by atoms with Crippen LogP contribution in [0.3, 0.4) is 0 Å². The number of benzene rings is 3. The van der Waals surface area contributed by atoms with Crippen molar-refractivity contribution < 1.29 is 23.5 Å². The number of anilines is 3. The summed E-state index contributed by atoms with van der Waals surface area (Å²) >= 11 is 0. The quantitative estimate of drug-likeness (QED) is 0.268. The highest BCUT2D eigenvalue weighted by molar-refractivity contribution is 6.09. The van der Waals surface area contributed by atoms with E-state index in [-0.39, 0.29) is 11.5 Å². The van der Waals surface area contributed by atoms with Gasteiger partial charge in [-0.05, 0) is 56.3 Å². The van der Waals surface area contributed by atoms with Gasteiger partial charge in [-0.25, -0.2) is 9.07 Å². The molecule has 9 nitrogen and oxygen atoms in total. The summed E-state index contributed by atoms with van der Waals surface area (Å²) in [6.45, 7) is 4.07. The van der Waals surface area contributed by atoms with Gasteiger partial charge in [-0.2, -0.15) is 5.10 Å². The van der Waals surface area contributed by atoms with Crippen molar-refractivity contribution in [2.75, 3.05) is 29.7 Å². The van der Waals surface area contributed by atoms with E-state index >= 15 is 0 Å². The minimum atomic E-state index is -0.721. The fourth-order valence-corrected chi connectivity index (χ4v) is 4.67. The van der Waals surface area contributed by atoms with E-state index in [1.54, 1.807) is 29.8 Å². The second-order valence-electron chi connectivity index (χ2n) is 9.00.